The van der Waals surface area contributed by atoms with Gasteiger partial charge in [0.25, 0.3) is 5.91 Å². The first-order valence-electron chi connectivity index (χ1n) is 10.2. The summed E-state index contributed by atoms with van der Waals surface area (Å²) in [4.78, 5) is 27.8. The van der Waals surface area contributed by atoms with Crippen molar-refractivity contribution in [3.63, 3.8) is 0 Å². The summed E-state index contributed by atoms with van der Waals surface area (Å²) >= 11 is 0. The number of hydrogen-bond donors (Lipinski definition) is 1. The SMILES string of the molecule is Cc1ccccc1CNC(=O)C1CCCN(C(=O)c2cccc3ccccc23)C1. The molecule has 1 fully saturated rings. The summed E-state index contributed by atoms with van der Waals surface area (Å²) in [5.41, 5.74) is 3.01. The lowest BCUT2D eigenvalue weighted by Gasteiger charge is -2.32. The molecule has 2 amide bonds. The largest absolute Gasteiger partial charge is 0.352 e. The van der Waals surface area contributed by atoms with Gasteiger partial charge in [-0.2, -0.15) is 0 Å². The molecule has 0 aromatic heterocycles. The van der Waals surface area contributed by atoms with Crippen LogP contribution in [0.2, 0.25) is 0 Å². The molecule has 4 rings (SSSR count). The molecule has 1 aliphatic rings. The predicted molar refractivity (Wildman–Crippen MR) is 116 cm³/mol. The summed E-state index contributed by atoms with van der Waals surface area (Å²) in [6.45, 7) is 3.75. The first-order valence-corrected chi connectivity index (χ1v) is 10.2. The second-order valence-electron chi connectivity index (χ2n) is 7.76. The Bertz CT molecular complexity index is 1040. The molecular weight excluding hydrogens is 360 g/mol. The fourth-order valence-corrected chi connectivity index (χ4v) is 4.09. The summed E-state index contributed by atoms with van der Waals surface area (Å²) in [6.07, 6.45) is 1.66. The molecule has 0 saturated carbocycles. The summed E-state index contributed by atoms with van der Waals surface area (Å²) in [5.74, 6) is -0.117. The molecule has 3 aromatic rings. The smallest absolute Gasteiger partial charge is 0.254 e. The number of likely N-dealkylation sites (tertiary alicyclic amines) is 1. The van der Waals surface area contributed by atoms with Gasteiger partial charge in [-0.15, -0.1) is 0 Å². The third-order valence-electron chi connectivity index (χ3n) is 5.81. The van der Waals surface area contributed by atoms with Crippen molar-refractivity contribution >= 4 is 22.6 Å². The maximum atomic E-state index is 13.2. The summed E-state index contributed by atoms with van der Waals surface area (Å²) in [7, 11) is 0. The van der Waals surface area contributed by atoms with Gasteiger partial charge in [0.05, 0.1) is 5.92 Å². The van der Waals surface area contributed by atoms with E-state index in [1.807, 2.05) is 78.6 Å². The number of aryl methyl sites for hydroxylation is 1. The van der Waals surface area contributed by atoms with Crippen LogP contribution in [0.5, 0.6) is 0 Å². The van der Waals surface area contributed by atoms with Gasteiger partial charge in [0.2, 0.25) is 5.91 Å². The van der Waals surface area contributed by atoms with Crippen LogP contribution in [0.25, 0.3) is 10.8 Å². The van der Waals surface area contributed by atoms with Crippen molar-refractivity contribution in [2.75, 3.05) is 13.1 Å². The maximum absolute atomic E-state index is 13.2. The molecule has 1 unspecified atom stereocenters. The van der Waals surface area contributed by atoms with Crippen molar-refractivity contribution in [1.29, 1.82) is 0 Å². The minimum absolute atomic E-state index is 0.0122. The molecule has 0 bridgehead atoms. The Kier molecular flexibility index (Phi) is 5.61. The zero-order valence-electron chi connectivity index (χ0n) is 16.7. The van der Waals surface area contributed by atoms with E-state index in [-0.39, 0.29) is 17.7 Å². The van der Waals surface area contributed by atoms with E-state index in [9.17, 15) is 9.59 Å². The number of amides is 2. The highest BCUT2D eigenvalue weighted by molar-refractivity contribution is 6.07. The molecule has 3 aromatic carbocycles. The van der Waals surface area contributed by atoms with E-state index in [0.29, 0.717) is 25.2 Å². The molecule has 1 atom stereocenters. The van der Waals surface area contributed by atoms with Crippen molar-refractivity contribution in [2.24, 2.45) is 5.92 Å². The van der Waals surface area contributed by atoms with Gasteiger partial charge in [-0.05, 0) is 47.7 Å². The fraction of sp³-hybridized carbons (Fsp3) is 0.280. The minimum Gasteiger partial charge on any atom is -0.352 e. The Morgan fingerprint density at radius 3 is 2.62 bits per heavy atom. The molecule has 4 heteroatoms. The molecule has 29 heavy (non-hydrogen) atoms. The van der Waals surface area contributed by atoms with Crippen molar-refractivity contribution in [2.45, 2.75) is 26.3 Å². The van der Waals surface area contributed by atoms with Gasteiger partial charge < -0.3 is 10.2 Å². The third kappa shape index (κ3) is 4.16. The van der Waals surface area contributed by atoms with E-state index >= 15 is 0 Å². The fourth-order valence-electron chi connectivity index (χ4n) is 4.09. The molecular formula is C25H26N2O2. The van der Waals surface area contributed by atoms with Crippen LogP contribution in [0.1, 0.15) is 34.3 Å². The molecule has 1 saturated heterocycles. The molecule has 0 spiro atoms. The zero-order valence-corrected chi connectivity index (χ0v) is 16.7. The zero-order chi connectivity index (χ0) is 20.2. The van der Waals surface area contributed by atoms with Crippen LogP contribution in [0, 0.1) is 12.8 Å². The predicted octanol–water partition coefficient (Wildman–Crippen LogP) is 4.32. The normalized spacial score (nSPS) is 16.6. The Labute approximate surface area is 171 Å². The van der Waals surface area contributed by atoms with Gasteiger partial charge in [-0.25, -0.2) is 0 Å². The average molecular weight is 386 g/mol. The van der Waals surface area contributed by atoms with Crippen molar-refractivity contribution in [3.05, 3.63) is 83.4 Å². The Morgan fingerprint density at radius 2 is 1.76 bits per heavy atom. The number of piperidine rings is 1. The number of carbonyl (C=O) groups is 2. The summed E-state index contributed by atoms with van der Waals surface area (Å²) in [6, 6.07) is 21.8. The molecule has 4 nitrogen and oxygen atoms in total. The van der Waals surface area contributed by atoms with Crippen molar-refractivity contribution in [3.8, 4) is 0 Å². The number of hydrogen-bond acceptors (Lipinski definition) is 2. The quantitative estimate of drug-likeness (QED) is 0.726. The van der Waals surface area contributed by atoms with E-state index in [2.05, 4.69) is 5.32 Å². The van der Waals surface area contributed by atoms with Crippen LogP contribution in [0.3, 0.4) is 0 Å². The van der Waals surface area contributed by atoms with E-state index in [1.54, 1.807) is 0 Å². The van der Waals surface area contributed by atoms with Gasteiger partial charge in [0.15, 0.2) is 0 Å². The van der Waals surface area contributed by atoms with E-state index in [4.69, 9.17) is 0 Å². The standard InChI is InChI=1S/C25H26N2O2/c1-18-8-2-3-10-20(18)16-26-24(28)21-12-7-15-27(17-21)25(29)23-14-6-11-19-9-4-5-13-22(19)23/h2-6,8-11,13-14,21H,7,12,15-17H2,1H3,(H,26,28). The number of fused-ring (bicyclic) bond motifs is 1. The van der Waals surface area contributed by atoms with Gasteiger partial charge in [-0.3, -0.25) is 9.59 Å². The highest BCUT2D eigenvalue weighted by Gasteiger charge is 2.29. The molecule has 0 aliphatic carbocycles. The monoisotopic (exact) mass is 386 g/mol. The van der Waals surface area contributed by atoms with Crippen LogP contribution in [0.15, 0.2) is 66.7 Å². The lowest BCUT2D eigenvalue weighted by molar-refractivity contribution is -0.126. The molecule has 1 aliphatic heterocycles. The van der Waals surface area contributed by atoms with Crippen LogP contribution in [0.4, 0.5) is 0 Å². The van der Waals surface area contributed by atoms with Gasteiger partial charge in [0.1, 0.15) is 0 Å². The number of nitrogens with one attached hydrogen (secondary N) is 1. The molecule has 1 heterocycles. The lowest BCUT2D eigenvalue weighted by Crippen LogP contribution is -2.45. The first-order chi connectivity index (χ1) is 14.1. The summed E-state index contributed by atoms with van der Waals surface area (Å²) in [5, 5.41) is 5.08. The Hall–Kier alpha value is -3.14. The van der Waals surface area contributed by atoms with Crippen molar-refractivity contribution < 1.29 is 9.59 Å². The van der Waals surface area contributed by atoms with E-state index in [1.165, 1.54) is 5.56 Å². The van der Waals surface area contributed by atoms with Crippen LogP contribution in [-0.2, 0) is 11.3 Å². The second kappa shape index (κ2) is 8.48. The molecule has 1 N–H and O–H groups in total. The number of nitrogens with zero attached hydrogens (tertiary/aromatic N) is 1. The lowest BCUT2D eigenvalue weighted by atomic mass is 9.95. The maximum Gasteiger partial charge on any atom is 0.254 e. The Balaban J connectivity index is 1.44. The molecule has 148 valence electrons. The molecule has 0 radical (unpaired) electrons. The number of rotatable bonds is 4. The van der Waals surface area contributed by atoms with Crippen molar-refractivity contribution in [1.82, 2.24) is 10.2 Å². The van der Waals surface area contributed by atoms with E-state index in [0.717, 1.165) is 29.2 Å². The van der Waals surface area contributed by atoms with Gasteiger partial charge >= 0.3 is 0 Å². The third-order valence-corrected chi connectivity index (χ3v) is 5.81. The van der Waals surface area contributed by atoms with Crippen LogP contribution >= 0.6 is 0 Å². The highest BCUT2D eigenvalue weighted by Crippen LogP contribution is 2.23. The van der Waals surface area contributed by atoms with E-state index < -0.39 is 0 Å². The number of carbonyl (C=O) groups excluding carboxylic acids is 2. The highest BCUT2D eigenvalue weighted by atomic mass is 16.2. The first kappa shape index (κ1) is 19.2. The average Bonchev–Trinajstić information content (AvgIpc) is 2.77. The Morgan fingerprint density at radius 1 is 1.00 bits per heavy atom. The summed E-state index contributed by atoms with van der Waals surface area (Å²) < 4.78 is 0. The van der Waals surface area contributed by atoms with Crippen LogP contribution in [-0.4, -0.2) is 29.8 Å². The topological polar surface area (TPSA) is 49.4 Å². The van der Waals surface area contributed by atoms with Crippen LogP contribution < -0.4 is 5.32 Å². The van der Waals surface area contributed by atoms with Gasteiger partial charge in [-0.1, -0.05) is 60.7 Å². The second-order valence-corrected chi connectivity index (χ2v) is 7.76. The number of benzene rings is 3. The van der Waals surface area contributed by atoms with Gasteiger partial charge in [0, 0.05) is 25.2 Å². The minimum atomic E-state index is -0.160.